The molecular weight excluding hydrogens is 334 g/mol. The molecule has 1 fully saturated rings. The van der Waals surface area contributed by atoms with E-state index in [1.807, 2.05) is 0 Å². The van der Waals surface area contributed by atoms with Gasteiger partial charge in [0.05, 0.1) is 4.92 Å². The van der Waals surface area contributed by atoms with Gasteiger partial charge in [0, 0.05) is 58.2 Å². The van der Waals surface area contributed by atoms with Crippen molar-refractivity contribution in [1.29, 1.82) is 0 Å². The van der Waals surface area contributed by atoms with Crippen LogP contribution in [-0.4, -0.2) is 51.3 Å². The molecule has 0 atom stereocenters. The molecule has 1 aliphatic rings. The number of non-ortho nitro benzene ring substituents is 1. The average Bonchev–Trinajstić information content (AvgIpc) is 2.62. The number of rotatable bonds is 10. The first-order valence-electron chi connectivity index (χ1n) is 9.00. The molecule has 8 heteroatoms. The second-order valence-corrected chi connectivity index (χ2v) is 6.68. The highest BCUT2D eigenvalue weighted by atomic mass is 16.6. The number of hydrogen-bond acceptors (Lipinski definition) is 5. The van der Waals surface area contributed by atoms with Gasteiger partial charge >= 0.3 is 0 Å². The summed E-state index contributed by atoms with van der Waals surface area (Å²) in [6.07, 6.45) is 4.84. The van der Waals surface area contributed by atoms with Gasteiger partial charge in [-0.15, -0.1) is 0 Å². The van der Waals surface area contributed by atoms with Gasteiger partial charge in [0.1, 0.15) is 0 Å². The first kappa shape index (κ1) is 20.0. The first-order chi connectivity index (χ1) is 12.6. The SMILES string of the molecule is CN=C(NCCNc1ccc([N+](=O)[O-])cc1)NCC1(CCOC)CCC1. The molecule has 2 rings (SSSR count). The number of aliphatic imine (C=N–C) groups is 1. The molecule has 1 saturated carbocycles. The first-order valence-corrected chi connectivity index (χ1v) is 9.00. The Morgan fingerprint density at radius 3 is 2.54 bits per heavy atom. The number of nitro groups is 1. The van der Waals surface area contributed by atoms with Crippen LogP contribution in [0.25, 0.3) is 0 Å². The smallest absolute Gasteiger partial charge is 0.269 e. The molecule has 0 heterocycles. The van der Waals surface area contributed by atoms with Crippen LogP contribution in [0.1, 0.15) is 25.7 Å². The molecule has 1 aliphatic carbocycles. The molecule has 26 heavy (non-hydrogen) atoms. The topological polar surface area (TPSA) is 101 Å². The Labute approximate surface area is 154 Å². The standard InChI is InChI=1S/C18H29N5O3/c1-19-17(22-14-18(8-3-9-18)10-13-26-2)21-12-11-20-15-4-6-16(7-5-15)23(24)25/h4-7,20H,3,8-14H2,1-2H3,(H2,19,21,22). The predicted molar refractivity (Wildman–Crippen MR) is 104 cm³/mol. The zero-order chi connectivity index (χ0) is 18.8. The summed E-state index contributed by atoms with van der Waals surface area (Å²) < 4.78 is 5.23. The number of nitrogens with zero attached hydrogens (tertiary/aromatic N) is 2. The van der Waals surface area contributed by atoms with Crippen LogP contribution in [0, 0.1) is 15.5 Å². The summed E-state index contributed by atoms with van der Waals surface area (Å²) in [5, 5.41) is 20.6. The van der Waals surface area contributed by atoms with E-state index in [2.05, 4.69) is 20.9 Å². The molecule has 0 saturated heterocycles. The summed E-state index contributed by atoms with van der Waals surface area (Å²) in [5.74, 6) is 0.791. The lowest BCUT2D eigenvalue weighted by molar-refractivity contribution is -0.384. The van der Waals surface area contributed by atoms with E-state index in [9.17, 15) is 10.1 Å². The van der Waals surface area contributed by atoms with E-state index in [-0.39, 0.29) is 5.69 Å². The number of benzene rings is 1. The van der Waals surface area contributed by atoms with Crippen LogP contribution in [0.5, 0.6) is 0 Å². The van der Waals surface area contributed by atoms with Crippen LogP contribution in [0.3, 0.4) is 0 Å². The quantitative estimate of drug-likeness (QED) is 0.194. The summed E-state index contributed by atoms with van der Waals surface area (Å²) in [4.78, 5) is 14.5. The maximum Gasteiger partial charge on any atom is 0.269 e. The van der Waals surface area contributed by atoms with E-state index >= 15 is 0 Å². The minimum absolute atomic E-state index is 0.0941. The van der Waals surface area contributed by atoms with Crippen molar-refractivity contribution in [2.75, 3.05) is 45.7 Å². The van der Waals surface area contributed by atoms with E-state index in [1.165, 1.54) is 31.4 Å². The zero-order valence-corrected chi connectivity index (χ0v) is 15.6. The van der Waals surface area contributed by atoms with Gasteiger partial charge in [0.25, 0.3) is 5.69 Å². The highest BCUT2D eigenvalue weighted by Gasteiger charge is 2.36. The third kappa shape index (κ3) is 5.87. The van der Waals surface area contributed by atoms with Gasteiger partial charge in [-0.3, -0.25) is 15.1 Å². The van der Waals surface area contributed by atoms with Crippen LogP contribution < -0.4 is 16.0 Å². The lowest BCUT2D eigenvalue weighted by Crippen LogP contribution is -2.47. The van der Waals surface area contributed by atoms with Crippen molar-refractivity contribution in [3.8, 4) is 0 Å². The zero-order valence-electron chi connectivity index (χ0n) is 15.6. The Hall–Kier alpha value is -2.35. The van der Waals surface area contributed by atoms with Gasteiger partial charge in [-0.1, -0.05) is 6.42 Å². The Morgan fingerprint density at radius 1 is 1.27 bits per heavy atom. The van der Waals surface area contributed by atoms with Gasteiger partial charge in [-0.05, 0) is 36.8 Å². The molecule has 0 aromatic heterocycles. The molecule has 0 bridgehead atoms. The van der Waals surface area contributed by atoms with Crippen molar-refractivity contribution in [2.24, 2.45) is 10.4 Å². The molecular formula is C18H29N5O3. The maximum atomic E-state index is 10.6. The molecule has 0 aliphatic heterocycles. The minimum Gasteiger partial charge on any atom is -0.385 e. The Balaban J connectivity index is 1.67. The fourth-order valence-corrected chi connectivity index (χ4v) is 3.09. The number of anilines is 1. The van der Waals surface area contributed by atoms with Crippen LogP contribution >= 0.6 is 0 Å². The van der Waals surface area contributed by atoms with E-state index in [0.29, 0.717) is 18.5 Å². The fraction of sp³-hybridized carbons (Fsp3) is 0.611. The number of ether oxygens (including phenoxy) is 1. The normalized spacial score (nSPS) is 15.8. The van der Waals surface area contributed by atoms with Gasteiger partial charge in [-0.25, -0.2) is 0 Å². The molecule has 144 valence electrons. The number of nitro benzene ring substituents is 1. The second-order valence-electron chi connectivity index (χ2n) is 6.68. The third-order valence-corrected chi connectivity index (χ3v) is 4.93. The molecule has 0 amide bonds. The number of hydrogen-bond donors (Lipinski definition) is 3. The van der Waals surface area contributed by atoms with Crippen LogP contribution in [0.4, 0.5) is 11.4 Å². The van der Waals surface area contributed by atoms with Crippen molar-refractivity contribution < 1.29 is 9.66 Å². The summed E-state index contributed by atoms with van der Waals surface area (Å²) in [5.41, 5.74) is 1.29. The molecule has 0 unspecified atom stereocenters. The van der Waals surface area contributed by atoms with E-state index < -0.39 is 4.92 Å². The Bertz CT molecular complexity index is 599. The number of nitrogens with one attached hydrogen (secondary N) is 3. The third-order valence-electron chi connectivity index (χ3n) is 4.93. The summed E-state index contributed by atoms with van der Waals surface area (Å²) in [6.45, 7) is 3.09. The van der Waals surface area contributed by atoms with Crippen molar-refractivity contribution in [3.63, 3.8) is 0 Å². The van der Waals surface area contributed by atoms with E-state index in [1.54, 1.807) is 26.3 Å². The molecule has 0 radical (unpaired) electrons. The van der Waals surface area contributed by atoms with Gasteiger partial charge in [0.15, 0.2) is 5.96 Å². The number of methoxy groups -OCH3 is 1. The highest BCUT2D eigenvalue weighted by Crippen LogP contribution is 2.43. The van der Waals surface area contributed by atoms with Crippen molar-refractivity contribution in [1.82, 2.24) is 10.6 Å². The second kappa shape index (κ2) is 9.96. The minimum atomic E-state index is -0.400. The molecule has 1 aromatic carbocycles. The van der Waals surface area contributed by atoms with Crippen molar-refractivity contribution in [2.45, 2.75) is 25.7 Å². The predicted octanol–water partition coefficient (Wildman–Crippen LogP) is 2.38. The highest BCUT2D eigenvalue weighted by molar-refractivity contribution is 5.79. The van der Waals surface area contributed by atoms with E-state index in [4.69, 9.17) is 4.74 Å². The van der Waals surface area contributed by atoms with E-state index in [0.717, 1.165) is 31.2 Å². The Kier molecular flexibility index (Phi) is 7.65. The van der Waals surface area contributed by atoms with Gasteiger partial charge in [0.2, 0.25) is 0 Å². The average molecular weight is 363 g/mol. The summed E-state index contributed by atoms with van der Waals surface area (Å²) >= 11 is 0. The Morgan fingerprint density at radius 2 is 2.00 bits per heavy atom. The molecule has 1 aromatic rings. The largest absolute Gasteiger partial charge is 0.385 e. The van der Waals surface area contributed by atoms with Gasteiger partial charge < -0.3 is 20.7 Å². The lowest BCUT2D eigenvalue weighted by Gasteiger charge is -2.42. The molecule has 8 nitrogen and oxygen atoms in total. The van der Waals surface area contributed by atoms with Crippen LogP contribution in [0.2, 0.25) is 0 Å². The number of guanidine groups is 1. The van der Waals surface area contributed by atoms with Gasteiger partial charge in [-0.2, -0.15) is 0 Å². The van der Waals surface area contributed by atoms with Crippen LogP contribution in [-0.2, 0) is 4.74 Å². The lowest BCUT2D eigenvalue weighted by atomic mass is 9.67. The molecule has 3 N–H and O–H groups in total. The monoisotopic (exact) mass is 363 g/mol. The summed E-state index contributed by atoms with van der Waals surface area (Å²) in [6, 6.07) is 6.41. The fourth-order valence-electron chi connectivity index (χ4n) is 3.09. The summed E-state index contributed by atoms with van der Waals surface area (Å²) in [7, 11) is 3.51. The van der Waals surface area contributed by atoms with Crippen LogP contribution in [0.15, 0.2) is 29.3 Å². The maximum absolute atomic E-state index is 10.6. The van der Waals surface area contributed by atoms with Crippen molar-refractivity contribution >= 4 is 17.3 Å². The molecule has 0 spiro atoms. The van der Waals surface area contributed by atoms with Crippen molar-refractivity contribution in [3.05, 3.63) is 34.4 Å².